The van der Waals surface area contributed by atoms with Gasteiger partial charge >= 0.3 is 6.09 Å². The van der Waals surface area contributed by atoms with E-state index in [1.165, 1.54) is 4.90 Å². The molecule has 1 amide bonds. The Morgan fingerprint density at radius 2 is 2.22 bits per heavy atom. The molecule has 0 aromatic carbocycles. The van der Waals surface area contributed by atoms with Gasteiger partial charge in [-0.15, -0.1) is 0 Å². The summed E-state index contributed by atoms with van der Waals surface area (Å²) in [6.45, 7) is 4.28. The molecule has 0 aliphatic carbocycles. The molecule has 102 valence electrons. The van der Waals surface area contributed by atoms with Crippen molar-refractivity contribution in [1.82, 2.24) is 10.1 Å². The molecule has 0 aliphatic heterocycles. The topological polar surface area (TPSA) is 55.6 Å². The summed E-state index contributed by atoms with van der Waals surface area (Å²) in [6, 6.07) is 1.71. The molecule has 0 spiro atoms. The Hall–Kier alpha value is -1.52. The van der Waals surface area contributed by atoms with Crippen LogP contribution < -0.4 is 4.74 Å². The van der Waals surface area contributed by atoms with Crippen molar-refractivity contribution >= 4 is 6.09 Å². The van der Waals surface area contributed by atoms with Gasteiger partial charge in [0.1, 0.15) is 5.76 Å². The molecule has 1 unspecified atom stereocenters. The number of unbranched alkanes of at least 4 members (excludes halogenated alkanes) is 1. The van der Waals surface area contributed by atoms with Gasteiger partial charge in [-0.2, -0.15) is 0 Å². The first-order valence-corrected chi connectivity index (χ1v) is 6.44. The number of hydrogen-bond donors (Lipinski definition) is 0. The molecule has 0 N–H and O–H groups in total. The Kier molecular flexibility index (Phi) is 5.68. The smallest absolute Gasteiger partial charge is 0.388 e. The molecule has 1 aromatic rings. The average Bonchev–Trinajstić information content (AvgIpc) is 2.78. The van der Waals surface area contributed by atoms with Gasteiger partial charge in [-0.05, 0) is 18.0 Å². The van der Waals surface area contributed by atoms with Crippen LogP contribution in [-0.4, -0.2) is 30.2 Å². The van der Waals surface area contributed by atoms with Crippen molar-refractivity contribution in [3.8, 4) is 5.88 Å². The molecular weight excluding hydrogens is 232 g/mol. The first kappa shape index (κ1) is 14.5. The van der Waals surface area contributed by atoms with Gasteiger partial charge in [-0.1, -0.05) is 26.7 Å². The van der Waals surface area contributed by atoms with Crippen LogP contribution >= 0.6 is 0 Å². The van der Waals surface area contributed by atoms with Crippen LogP contribution in [0.15, 0.2) is 10.6 Å². The number of hydrogen-bond acceptors (Lipinski definition) is 4. The number of nitrogens with zero attached hydrogens (tertiary/aromatic N) is 2. The van der Waals surface area contributed by atoms with E-state index in [2.05, 4.69) is 19.0 Å². The zero-order chi connectivity index (χ0) is 13.5. The van der Waals surface area contributed by atoms with Gasteiger partial charge in [-0.3, -0.25) is 0 Å². The second-order valence-corrected chi connectivity index (χ2v) is 4.58. The molecule has 0 saturated heterocycles. The van der Waals surface area contributed by atoms with E-state index in [1.807, 2.05) is 0 Å². The van der Waals surface area contributed by atoms with Crippen LogP contribution in [0.5, 0.6) is 5.88 Å². The molecule has 0 saturated carbocycles. The number of carbonyl (C=O) groups excluding carboxylic acids is 1. The van der Waals surface area contributed by atoms with Gasteiger partial charge in [0.2, 0.25) is 0 Å². The Balaban J connectivity index is 2.63. The third-order valence-electron chi connectivity index (χ3n) is 2.87. The summed E-state index contributed by atoms with van der Waals surface area (Å²) >= 11 is 0. The molecule has 0 aliphatic rings. The van der Waals surface area contributed by atoms with E-state index >= 15 is 0 Å². The number of rotatable bonds is 6. The van der Waals surface area contributed by atoms with Crippen molar-refractivity contribution in [3.05, 3.63) is 11.8 Å². The molecular formula is C13H22N2O3. The van der Waals surface area contributed by atoms with Crippen molar-refractivity contribution < 1.29 is 14.1 Å². The van der Waals surface area contributed by atoms with Crippen LogP contribution in [0, 0.1) is 0 Å². The van der Waals surface area contributed by atoms with E-state index in [0.717, 1.165) is 31.4 Å². The molecule has 0 radical (unpaired) electrons. The zero-order valence-electron chi connectivity index (χ0n) is 11.6. The molecule has 1 atom stereocenters. The van der Waals surface area contributed by atoms with Gasteiger partial charge in [-0.25, -0.2) is 4.79 Å². The van der Waals surface area contributed by atoms with Crippen LogP contribution in [0.3, 0.4) is 0 Å². The highest BCUT2D eigenvalue weighted by Crippen LogP contribution is 2.28. The summed E-state index contributed by atoms with van der Waals surface area (Å²) in [6.07, 6.45) is 3.94. The summed E-state index contributed by atoms with van der Waals surface area (Å²) in [5.41, 5.74) is 0. The summed E-state index contributed by atoms with van der Waals surface area (Å²) < 4.78 is 10.3. The number of carbonyl (C=O) groups is 1. The highest BCUT2D eigenvalue weighted by atomic mass is 16.6. The lowest BCUT2D eigenvalue weighted by molar-refractivity contribution is 0.167. The first-order chi connectivity index (χ1) is 8.58. The van der Waals surface area contributed by atoms with Crippen LogP contribution in [-0.2, 0) is 0 Å². The lowest BCUT2D eigenvalue weighted by atomic mass is 9.97. The van der Waals surface area contributed by atoms with Crippen molar-refractivity contribution in [2.45, 2.75) is 45.4 Å². The highest BCUT2D eigenvalue weighted by molar-refractivity contribution is 5.69. The molecule has 1 aromatic heterocycles. The molecule has 5 nitrogen and oxygen atoms in total. The number of aromatic nitrogens is 1. The molecule has 18 heavy (non-hydrogen) atoms. The lowest BCUT2D eigenvalue weighted by Crippen LogP contribution is -2.25. The Morgan fingerprint density at radius 1 is 1.50 bits per heavy atom. The molecule has 1 rings (SSSR count). The second-order valence-electron chi connectivity index (χ2n) is 4.58. The zero-order valence-corrected chi connectivity index (χ0v) is 11.6. The van der Waals surface area contributed by atoms with E-state index in [-0.39, 0.29) is 5.88 Å². The second kappa shape index (κ2) is 7.03. The maximum absolute atomic E-state index is 11.4. The fourth-order valence-corrected chi connectivity index (χ4v) is 1.69. The van der Waals surface area contributed by atoms with Crippen LogP contribution in [0.4, 0.5) is 4.79 Å². The average molecular weight is 254 g/mol. The first-order valence-electron chi connectivity index (χ1n) is 6.44. The quantitative estimate of drug-likeness (QED) is 0.780. The van der Waals surface area contributed by atoms with Crippen molar-refractivity contribution in [3.63, 3.8) is 0 Å². The monoisotopic (exact) mass is 254 g/mol. The third-order valence-corrected chi connectivity index (χ3v) is 2.87. The van der Waals surface area contributed by atoms with Crippen molar-refractivity contribution in [2.24, 2.45) is 0 Å². The minimum Gasteiger partial charge on any atom is -0.388 e. The van der Waals surface area contributed by atoms with Crippen molar-refractivity contribution in [2.75, 3.05) is 14.1 Å². The fourth-order valence-electron chi connectivity index (χ4n) is 1.69. The van der Waals surface area contributed by atoms with Gasteiger partial charge in [0.15, 0.2) is 0 Å². The molecule has 1 heterocycles. The van der Waals surface area contributed by atoms with Crippen LogP contribution in [0.2, 0.25) is 0 Å². The van der Waals surface area contributed by atoms with E-state index in [1.54, 1.807) is 20.2 Å². The Morgan fingerprint density at radius 3 is 2.78 bits per heavy atom. The standard InChI is InChI=1S/C13H22N2O3/c1-5-7-8-10(6-2)11-9-12(14-18-11)17-13(16)15(3)4/h9-10H,5-8H2,1-4H3. The highest BCUT2D eigenvalue weighted by Gasteiger charge is 2.17. The van der Waals surface area contributed by atoms with Gasteiger partial charge in [0, 0.05) is 26.1 Å². The largest absolute Gasteiger partial charge is 0.416 e. The van der Waals surface area contributed by atoms with Gasteiger partial charge in [0.25, 0.3) is 5.88 Å². The number of ether oxygens (including phenoxy) is 1. The predicted molar refractivity (Wildman–Crippen MR) is 68.8 cm³/mol. The van der Waals surface area contributed by atoms with E-state index in [4.69, 9.17) is 9.26 Å². The summed E-state index contributed by atoms with van der Waals surface area (Å²) in [5.74, 6) is 1.38. The SMILES string of the molecule is CCCCC(CC)c1cc(OC(=O)N(C)C)no1. The predicted octanol–water partition coefficient (Wildman–Crippen LogP) is 3.42. The molecule has 5 heteroatoms. The number of amides is 1. The third kappa shape index (κ3) is 4.05. The lowest BCUT2D eigenvalue weighted by Gasteiger charge is -2.09. The maximum Gasteiger partial charge on any atom is 0.416 e. The minimum absolute atomic E-state index is 0.235. The normalized spacial score (nSPS) is 12.2. The van der Waals surface area contributed by atoms with Crippen molar-refractivity contribution in [1.29, 1.82) is 0 Å². The van der Waals surface area contributed by atoms with Gasteiger partial charge < -0.3 is 14.2 Å². The van der Waals surface area contributed by atoms with Crippen LogP contribution in [0.25, 0.3) is 0 Å². The summed E-state index contributed by atoms with van der Waals surface area (Å²) in [4.78, 5) is 12.7. The van der Waals surface area contributed by atoms with Gasteiger partial charge in [0.05, 0.1) is 0 Å². The van der Waals surface area contributed by atoms with Crippen LogP contribution in [0.1, 0.15) is 51.2 Å². The summed E-state index contributed by atoms with van der Waals surface area (Å²) in [5, 5.41) is 3.77. The Labute approximate surface area is 108 Å². The molecule has 0 bridgehead atoms. The minimum atomic E-state index is -0.448. The van der Waals surface area contributed by atoms with E-state index in [0.29, 0.717) is 5.92 Å². The molecule has 0 fully saturated rings. The maximum atomic E-state index is 11.4. The summed E-state index contributed by atoms with van der Waals surface area (Å²) in [7, 11) is 3.25. The Bertz CT molecular complexity index is 374. The van der Waals surface area contributed by atoms with E-state index < -0.39 is 6.09 Å². The van der Waals surface area contributed by atoms with E-state index in [9.17, 15) is 4.79 Å². The fraction of sp³-hybridized carbons (Fsp3) is 0.692.